The van der Waals surface area contributed by atoms with E-state index in [1.807, 2.05) is 19.8 Å². The SMILES string of the molecule is Cc1nc(NC(=O)N2CCC(C)(C)C2=C=O)ccc1Oc1ccnc(N(C)C(=O)OC(C)(C)C)c1. The van der Waals surface area contributed by atoms with Gasteiger partial charge in [0.05, 0.1) is 5.69 Å². The number of allylic oxidation sites excluding steroid dienone is 1. The van der Waals surface area contributed by atoms with Crippen LogP contribution in [0.2, 0.25) is 0 Å². The Labute approximate surface area is 204 Å². The molecule has 186 valence electrons. The molecule has 35 heavy (non-hydrogen) atoms. The van der Waals surface area contributed by atoms with Crippen LogP contribution in [-0.4, -0.2) is 52.1 Å². The molecule has 0 unspecified atom stereocenters. The first-order chi connectivity index (χ1) is 16.3. The zero-order valence-corrected chi connectivity index (χ0v) is 21.1. The first kappa shape index (κ1) is 25.7. The molecule has 0 atom stereocenters. The molecule has 3 rings (SSSR count). The summed E-state index contributed by atoms with van der Waals surface area (Å²) < 4.78 is 11.3. The molecule has 3 heterocycles. The smallest absolute Gasteiger partial charge is 0.415 e. The third-order valence-corrected chi connectivity index (χ3v) is 5.44. The molecule has 0 bridgehead atoms. The van der Waals surface area contributed by atoms with Crippen LogP contribution in [0.4, 0.5) is 21.2 Å². The summed E-state index contributed by atoms with van der Waals surface area (Å²) in [4.78, 5) is 47.7. The number of hydrogen-bond donors (Lipinski definition) is 1. The van der Waals surface area contributed by atoms with Crippen LogP contribution < -0.4 is 15.0 Å². The summed E-state index contributed by atoms with van der Waals surface area (Å²) >= 11 is 0. The fourth-order valence-corrected chi connectivity index (χ4v) is 3.48. The number of likely N-dealkylation sites (tertiary alicyclic amines) is 1. The normalized spacial score (nSPS) is 14.8. The average Bonchev–Trinajstić information content (AvgIpc) is 3.08. The topological polar surface area (TPSA) is 114 Å². The number of carbonyl (C=O) groups excluding carboxylic acids is 3. The van der Waals surface area contributed by atoms with Gasteiger partial charge in [0.25, 0.3) is 0 Å². The quantitative estimate of drug-likeness (QED) is 0.616. The molecule has 3 amide bonds. The molecule has 1 aliphatic heterocycles. The molecule has 10 heteroatoms. The number of amides is 3. The molecule has 0 saturated carbocycles. The molecule has 1 fully saturated rings. The molecular formula is C25H31N5O5. The third-order valence-electron chi connectivity index (χ3n) is 5.44. The van der Waals surface area contributed by atoms with Crippen LogP contribution in [0.15, 0.2) is 36.2 Å². The number of aryl methyl sites for hydroxylation is 1. The minimum absolute atomic E-state index is 0.329. The van der Waals surface area contributed by atoms with E-state index < -0.39 is 23.1 Å². The van der Waals surface area contributed by atoms with Crippen LogP contribution in [0.25, 0.3) is 0 Å². The molecule has 0 aromatic carbocycles. The summed E-state index contributed by atoms with van der Waals surface area (Å²) in [7, 11) is 1.57. The van der Waals surface area contributed by atoms with E-state index in [-0.39, 0.29) is 0 Å². The van der Waals surface area contributed by atoms with Crippen molar-refractivity contribution in [3.05, 3.63) is 41.9 Å². The molecular weight excluding hydrogens is 450 g/mol. The maximum Gasteiger partial charge on any atom is 0.415 e. The summed E-state index contributed by atoms with van der Waals surface area (Å²) in [5.74, 6) is 3.51. The second-order valence-corrected chi connectivity index (χ2v) is 9.94. The summed E-state index contributed by atoms with van der Waals surface area (Å²) in [6.45, 7) is 11.4. The lowest BCUT2D eigenvalue weighted by Crippen LogP contribution is -2.34. The second kappa shape index (κ2) is 9.76. The predicted octanol–water partition coefficient (Wildman–Crippen LogP) is 4.93. The van der Waals surface area contributed by atoms with Crippen molar-refractivity contribution in [1.82, 2.24) is 14.9 Å². The molecule has 1 saturated heterocycles. The molecule has 0 aliphatic carbocycles. The van der Waals surface area contributed by atoms with E-state index in [4.69, 9.17) is 9.47 Å². The number of nitrogens with one attached hydrogen (secondary N) is 1. The highest BCUT2D eigenvalue weighted by molar-refractivity contribution is 5.91. The van der Waals surface area contributed by atoms with Crippen molar-refractivity contribution in [2.24, 2.45) is 5.41 Å². The lowest BCUT2D eigenvalue weighted by Gasteiger charge is -2.24. The van der Waals surface area contributed by atoms with Crippen LogP contribution in [-0.2, 0) is 9.53 Å². The summed E-state index contributed by atoms with van der Waals surface area (Å²) in [5.41, 5.74) is -0.164. The van der Waals surface area contributed by atoms with Crippen molar-refractivity contribution in [3.8, 4) is 11.5 Å². The van der Waals surface area contributed by atoms with Crippen molar-refractivity contribution in [3.63, 3.8) is 0 Å². The monoisotopic (exact) mass is 481 g/mol. The Morgan fingerprint density at radius 1 is 1.23 bits per heavy atom. The first-order valence-electron chi connectivity index (χ1n) is 11.2. The molecule has 2 aromatic rings. The number of nitrogens with zero attached hydrogens (tertiary/aromatic N) is 4. The van der Waals surface area contributed by atoms with Crippen molar-refractivity contribution in [2.75, 3.05) is 23.8 Å². The standard InChI is InChI=1S/C25H31N5O5/c1-16-18(34-17-10-12-26-21(14-17)29(7)23(33)35-24(2,3)4)8-9-20(27-16)28-22(32)30-13-11-25(5,6)19(30)15-31/h8-10,12,14H,11,13H2,1-7H3,(H,27,28,32). The predicted molar refractivity (Wildman–Crippen MR) is 131 cm³/mol. The maximum atomic E-state index is 12.7. The minimum Gasteiger partial charge on any atom is -0.455 e. The van der Waals surface area contributed by atoms with E-state index in [0.717, 1.165) is 0 Å². The molecule has 1 N–H and O–H groups in total. The van der Waals surface area contributed by atoms with Crippen molar-refractivity contribution in [2.45, 2.75) is 53.6 Å². The van der Waals surface area contributed by atoms with Gasteiger partial charge in [-0.05, 0) is 52.3 Å². The average molecular weight is 482 g/mol. The Kier molecular flexibility index (Phi) is 7.17. The Morgan fingerprint density at radius 3 is 2.57 bits per heavy atom. The number of urea groups is 1. The number of aromatic nitrogens is 2. The van der Waals surface area contributed by atoms with Crippen molar-refractivity contribution in [1.29, 1.82) is 0 Å². The number of carbonyl (C=O) groups is 2. The number of anilines is 2. The Bertz CT molecular complexity index is 1180. The van der Waals surface area contributed by atoms with Gasteiger partial charge in [0.1, 0.15) is 40.4 Å². The zero-order valence-electron chi connectivity index (χ0n) is 21.1. The van der Waals surface area contributed by atoms with E-state index in [2.05, 4.69) is 15.3 Å². The van der Waals surface area contributed by atoms with Crippen LogP contribution in [0.3, 0.4) is 0 Å². The van der Waals surface area contributed by atoms with Gasteiger partial charge in [-0.15, -0.1) is 0 Å². The van der Waals surface area contributed by atoms with Crippen LogP contribution >= 0.6 is 0 Å². The zero-order chi connectivity index (χ0) is 26.0. The fraction of sp³-hybridized carbons (Fsp3) is 0.440. The van der Waals surface area contributed by atoms with Gasteiger partial charge in [-0.3, -0.25) is 15.1 Å². The number of hydrogen-bond acceptors (Lipinski definition) is 7. The number of ether oxygens (including phenoxy) is 2. The minimum atomic E-state index is -0.629. The van der Waals surface area contributed by atoms with E-state index in [0.29, 0.717) is 47.5 Å². The molecule has 0 radical (unpaired) electrons. The maximum absolute atomic E-state index is 12.7. The largest absolute Gasteiger partial charge is 0.455 e. The summed E-state index contributed by atoms with van der Waals surface area (Å²) in [6, 6.07) is 6.13. The van der Waals surface area contributed by atoms with Crippen molar-refractivity contribution < 1.29 is 23.9 Å². The molecule has 2 aromatic heterocycles. The van der Waals surface area contributed by atoms with Crippen LogP contribution in [0.1, 0.15) is 46.7 Å². The second-order valence-electron chi connectivity index (χ2n) is 9.94. The first-order valence-corrected chi connectivity index (χ1v) is 11.2. The Morgan fingerprint density at radius 2 is 1.94 bits per heavy atom. The molecule has 0 spiro atoms. The van der Waals surface area contributed by atoms with Crippen LogP contribution in [0, 0.1) is 12.3 Å². The van der Waals surface area contributed by atoms with E-state index >= 15 is 0 Å². The lowest BCUT2D eigenvalue weighted by molar-refractivity contribution is 0.0588. The van der Waals surface area contributed by atoms with Gasteiger partial charge in [-0.2, -0.15) is 0 Å². The van der Waals surface area contributed by atoms with Crippen LogP contribution in [0.5, 0.6) is 11.5 Å². The Hall–Kier alpha value is -3.91. The number of pyridine rings is 2. The highest BCUT2D eigenvalue weighted by atomic mass is 16.6. The van der Waals surface area contributed by atoms with Crippen molar-refractivity contribution >= 4 is 29.7 Å². The summed E-state index contributed by atoms with van der Waals surface area (Å²) in [6.07, 6.45) is 1.67. The molecule has 1 aliphatic rings. The van der Waals surface area contributed by atoms with E-state index in [1.165, 1.54) is 16.0 Å². The summed E-state index contributed by atoms with van der Waals surface area (Å²) in [5, 5.41) is 2.73. The van der Waals surface area contributed by atoms with Gasteiger partial charge < -0.3 is 9.47 Å². The fourth-order valence-electron chi connectivity index (χ4n) is 3.48. The number of rotatable bonds is 4. The highest BCUT2D eigenvalue weighted by Crippen LogP contribution is 2.38. The van der Waals surface area contributed by atoms with Gasteiger partial charge in [0, 0.05) is 31.3 Å². The van der Waals surface area contributed by atoms with Gasteiger partial charge in [-0.25, -0.2) is 24.4 Å². The third kappa shape index (κ3) is 6.16. The lowest BCUT2D eigenvalue weighted by atomic mass is 9.90. The molecule has 10 nitrogen and oxygen atoms in total. The Balaban J connectivity index is 1.70. The van der Waals surface area contributed by atoms with Gasteiger partial charge in [0.2, 0.25) is 0 Å². The highest BCUT2D eigenvalue weighted by Gasteiger charge is 2.39. The van der Waals surface area contributed by atoms with Gasteiger partial charge >= 0.3 is 12.1 Å². The van der Waals surface area contributed by atoms with E-state index in [9.17, 15) is 14.4 Å². The van der Waals surface area contributed by atoms with E-state index in [1.54, 1.807) is 59.0 Å². The van der Waals surface area contributed by atoms with Gasteiger partial charge in [0.15, 0.2) is 0 Å². The van der Waals surface area contributed by atoms with Gasteiger partial charge in [-0.1, -0.05) is 13.8 Å².